The van der Waals surface area contributed by atoms with Crippen molar-refractivity contribution in [2.45, 2.75) is 31.9 Å². The average Bonchev–Trinajstić information content (AvgIpc) is 3.01. The second-order valence-electron chi connectivity index (χ2n) is 5.38. The van der Waals surface area contributed by atoms with Gasteiger partial charge >= 0.3 is 0 Å². The van der Waals surface area contributed by atoms with Gasteiger partial charge in [0.05, 0.1) is 12.1 Å². The number of fused-ring (bicyclic) bond motifs is 1. The maximum atomic E-state index is 12.3. The van der Waals surface area contributed by atoms with E-state index >= 15 is 0 Å². The molecular formula is C17H19NO2. The van der Waals surface area contributed by atoms with Gasteiger partial charge in [-0.05, 0) is 42.7 Å². The van der Waals surface area contributed by atoms with E-state index < -0.39 is 0 Å². The highest BCUT2D eigenvalue weighted by atomic mass is 16.5. The fraction of sp³-hybridized carbons (Fsp3) is 0.353. The van der Waals surface area contributed by atoms with Crippen LogP contribution < -0.4 is 5.32 Å². The molecule has 20 heavy (non-hydrogen) atoms. The molecule has 0 saturated carbocycles. The van der Waals surface area contributed by atoms with Gasteiger partial charge < -0.3 is 10.1 Å². The Morgan fingerprint density at radius 3 is 2.80 bits per heavy atom. The highest BCUT2D eigenvalue weighted by Crippen LogP contribution is 2.18. The first-order valence-electron chi connectivity index (χ1n) is 7.15. The van der Waals surface area contributed by atoms with Crippen LogP contribution in [0.15, 0.2) is 42.5 Å². The summed E-state index contributed by atoms with van der Waals surface area (Å²) in [4.78, 5) is 12.3. The summed E-state index contributed by atoms with van der Waals surface area (Å²) in [6.07, 6.45) is 2.26. The Morgan fingerprint density at radius 2 is 2.05 bits per heavy atom. The molecule has 1 aliphatic heterocycles. The molecule has 1 fully saturated rings. The number of benzene rings is 2. The quantitative estimate of drug-likeness (QED) is 0.929. The summed E-state index contributed by atoms with van der Waals surface area (Å²) in [5.74, 6) is -0.0289. The Bertz CT molecular complexity index is 617. The summed E-state index contributed by atoms with van der Waals surface area (Å²) >= 11 is 0. The van der Waals surface area contributed by atoms with Crippen LogP contribution in [0.3, 0.4) is 0 Å². The van der Waals surface area contributed by atoms with E-state index in [4.69, 9.17) is 4.74 Å². The summed E-state index contributed by atoms with van der Waals surface area (Å²) in [5, 5.41) is 5.28. The molecule has 1 aliphatic rings. The molecule has 1 N–H and O–H groups in total. The highest BCUT2D eigenvalue weighted by Gasteiger charge is 2.23. The molecule has 1 heterocycles. The van der Waals surface area contributed by atoms with Crippen molar-refractivity contribution < 1.29 is 9.53 Å². The third-order valence-electron chi connectivity index (χ3n) is 3.89. The van der Waals surface area contributed by atoms with Crippen LogP contribution in [0.1, 0.15) is 30.1 Å². The number of ether oxygens (including phenoxy) is 1. The van der Waals surface area contributed by atoms with E-state index in [9.17, 15) is 4.79 Å². The van der Waals surface area contributed by atoms with Gasteiger partial charge in [-0.25, -0.2) is 0 Å². The first-order valence-corrected chi connectivity index (χ1v) is 7.15. The van der Waals surface area contributed by atoms with Crippen LogP contribution in [0.25, 0.3) is 10.8 Å². The molecule has 0 aliphatic carbocycles. The molecular weight excluding hydrogens is 250 g/mol. The zero-order valence-corrected chi connectivity index (χ0v) is 11.6. The van der Waals surface area contributed by atoms with Gasteiger partial charge in [0, 0.05) is 12.2 Å². The molecule has 0 radical (unpaired) electrons. The molecule has 3 heteroatoms. The molecule has 0 aromatic heterocycles. The van der Waals surface area contributed by atoms with Crippen LogP contribution in [0.4, 0.5) is 0 Å². The van der Waals surface area contributed by atoms with E-state index in [1.807, 2.05) is 49.4 Å². The van der Waals surface area contributed by atoms with Crippen molar-refractivity contribution in [1.29, 1.82) is 0 Å². The number of carbonyl (C=O) groups is 1. The maximum absolute atomic E-state index is 12.3. The molecule has 104 valence electrons. The number of hydrogen-bond donors (Lipinski definition) is 1. The third kappa shape index (κ3) is 2.68. The Kier molecular flexibility index (Phi) is 3.70. The normalized spacial score (nSPS) is 19.9. The van der Waals surface area contributed by atoms with Crippen LogP contribution in [0, 0.1) is 0 Å². The van der Waals surface area contributed by atoms with Crippen molar-refractivity contribution >= 4 is 16.7 Å². The van der Waals surface area contributed by atoms with Gasteiger partial charge in [-0.15, -0.1) is 0 Å². The van der Waals surface area contributed by atoms with Crippen molar-refractivity contribution in [3.63, 3.8) is 0 Å². The van der Waals surface area contributed by atoms with Gasteiger partial charge in [0.25, 0.3) is 5.91 Å². The Balaban J connectivity index is 1.74. The molecule has 3 nitrogen and oxygen atoms in total. The van der Waals surface area contributed by atoms with Gasteiger partial charge in [-0.2, -0.15) is 0 Å². The molecule has 2 unspecified atom stereocenters. The summed E-state index contributed by atoms with van der Waals surface area (Å²) in [6.45, 7) is 2.82. The number of amides is 1. The number of carbonyl (C=O) groups excluding carboxylic acids is 1. The molecule has 2 aromatic rings. The third-order valence-corrected chi connectivity index (χ3v) is 3.89. The number of nitrogens with one attached hydrogen (secondary N) is 1. The predicted octanol–water partition coefficient (Wildman–Crippen LogP) is 3.14. The first-order chi connectivity index (χ1) is 9.74. The lowest BCUT2D eigenvalue weighted by atomic mass is 10.1. The largest absolute Gasteiger partial charge is 0.376 e. The Hall–Kier alpha value is -1.87. The van der Waals surface area contributed by atoms with Gasteiger partial charge in [0.15, 0.2) is 0 Å². The van der Waals surface area contributed by atoms with Gasteiger partial charge in [0.2, 0.25) is 0 Å². The molecule has 0 bridgehead atoms. The van der Waals surface area contributed by atoms with Crippen LogP contribution in [0.5, 0.6) is 0 Å². The smallest absolute Gasteiger partial charge is 0.251 e. The van der Waals surface area contributed by atoms with E-state index in [0.29, 0.717) is 5.56 Å². The second kappa shape index (κ2) is 5.63. The molecule has 1 amide bonds. The van der Waals surface area contributed by atoms with E-state index in [-0.39, 0.29) is 18.1 Å². The van der Waals surface area contributed by atoms with Gasteiger partial charge in [-0.3, -0.25) is 4.79 Å². The highest BCUT2D eigenvalue weighted by molar-refractivity contribution is 5.98. The molecule has 2 aromatic carbocycles. The Labute approximate surface area is 118 Å². The summed E-state index contributed by atoms with van der Waals surface area (Å²) in [7, 11) is 0. The number of hydrogen-bond acceptors (Lipinski definition) is 2. The monoisotopic (exact) mass is 269 g/mol. The molecule has 2 atom stereocenters. The summed E-state index contributed by atoms with van der Waals surface area (Å²) < 4.78 is 5.61. The average molecular weight is 269 g/mol. The minimum absolute atomic E-state index is 0.0289. The molecule has 0 spiro atoms. The topological polar surface area (TPSA) is 38.3 Å². The van der Waals surface area contributed by atoms with E-state index in [0.717, 1.165) is 30.2 Å². The van der Waals surface area contributed by atoms with Gasteiger partial charge in [0.1, 0.15) is 0 Å². The second-order valence-corrected chi connectivity index (χ2v) is 5.38. The minimum atomic E-state index is -0.0289. The predicted molar refractivity (Wildman–Crippen MR) is 79.9 cm³/mol. The lowest BCUT2D eigenvalue weighted by molar-refractivity contribution is 0.0712. The van der Waals surface area contributed by atoms with Crippen molar-refractivity contribution in [3.8, 4) is 0 Å². The lowest BCUT2D eigenvalue weighted by Gasteiger charge is -2.20. The fourth-order valence-electron chi connectivity index (χ4n) is 2.71. The number of rotatable bonds is 3. The minimum Gasteiger partial charge on any atom is -0.376 e. The van der Waals surface area contributed by atoms with Crippen LogP contribution in [-0.2, 0) is 4.74 Å². The standard InChI is InChI=1S/C17H19NO2/c1-12(16-7-4-10-20-16)18-17(19)15-9-8-13-5-2-3-6-14(13)11-15/h2-3,5-6,8-9,11-12,16H,4,7,10H2,1H3,(H,18,19). The fourth-order valence-corrected chi connectivity index (χ4v) is 2.71. The van der Waals surface area contributed by atoms with Crippen molar-refractivity contribution in [2.75, 3.05) is 6.61 Å². The molecule has 1 saturated heterocycles. The van der Waals surface area contributed by atoms with Crippen molar-refractivity contribution in [3.05, 3.63) is 48.0 Å². The van der Waals surface area contributed by atoms with Crippen molar-refractivity contribution in [2.24, 2.45) is 0 Å². The summed E-state index contributed by atoms with van der Waals surface area (Å²) in [5.41, 5.74) is 0.702. The Morgan fingerprint density at radius 1 is 1.25 bits per heavy atom. The van der Waals surface area contributed by atoms with E-state index in [1.165, 1.54) is 0 Å². The van der Waals surface area contributed by atoms with E-state index in [2.05, 4.69) is 5.32 Å². The van der Waals surface area contributed by atoms with Gasteiger partial charge in [-0.1, -0.05) is 30.3 Å². The first kappa shape index (κ1) is 13.1. The van der Waals surface area contributed by atoms with Crippen LogP contribution in [0.2, 0.25) is 0 Å². The van der Waals surface area contributed by atoms with E-state index in [1.54, 1.807) is 0 Å². The van der Waals surface area contributed by atoms with Crippen molar-refractivity contribution in [1.82, 2.24) is 5.32 Å². The zero-order valence-electron chi connectivity index (χ0n) is 11.6. The summed E-state index contributed by atoms with van der Waals surface area (Å²) in [6, 6.07) is 13.9. The molecule has 3 rings (SSSR count). The lowest BCUT2D eigenvalue weighted by Crippen LogP contribution is -2.40. The zero-order chi connectivity index (χ0) is 13.9. The van der Waals surface area contributed by atoms with Crippen LogP contribution >= 0.6 is 0 Å². The SMILES string of the molecule is CC(NC(=O)c1ccc2ccccc2c1)C1CCCO1. The maximum Gasteiger partial charge on any atom is 0.251 e. The van der Waals surface area contributed by atoms with Crippen LogP contribution in [-0.4, -0.2) is 24.7 Å².